The number of carbonyl (C=O) groups is 1. The highest BCUT2D eigenvalue weighted by atomic mass is 79.9. The van der Waals surface area contributed by atoms with Crippen molar-refractivity contribution in [1.82, 2.24) is 15.2 Å². The maximum Gasteiger partial charge on any atom is 0.269 e. The molecule has 1 amide bonds. The Balaban J connectivity index is 2.06. The maximum atomic E-state index is 12.5. The van der Waals surface area contributed by atoms with Gasteiger partial charge in [0.1, 0.15) is 4.60 Å². The van der Waals surface area contributed by atoms with Crippen LogP contribution in [-0.4, -0.2) is 27.2 Å². The van der Waals surface area contributed by atoms with E-state index in [2.05, 4.69) is 31.1 Å². The second kappa shape index (κ2) is 5.64. The molecule has 1 aliphatic heterocycles. The summed E-state index contributed by atoms with van der Waals surface area (Å²) in [6.07, 6.45) is 1.16. The maximum absolute atomic E-state index is 12.5. The quantitative estimate of drug-likeness (QED) is 0.768. The Morgan fingerprint density at radius 3 is 2.86 bits per heavy atom. The molecule has 0 unspecified atom stereocenters. The molecular formula is C15H15BrN4O2. The molecule has 0 saturated carbocycles. The van der Waals surface area contributed by atoms with Crippen molar-refractivity contribution in [3.8, 4) is 5.75 Å². The minimum atomic E-state index is -0.536. The van der Waals surface area contributed by atoms with Gasteiger partial charge in [0.25, 0.3) is 5.91 Å². The first-order chi connectivity index (χ1) is 10.5. The lowest BCUT2D eigenvalue weighted by Crippen LogP contribution is -2.44. The van der Waals surface area contributed by atoms with Gasteiger partial charge in [-0.2, -0.15) is 10.2 Å². The SMILES string of the molecule is Cc1cnnc(C)c1CN1C(=O)[C@@H](C)Oc2ccc(Br)nc21. The summed E-state index contributed by atoms with van der Waals surface area (Å²) in [6.45, 7) is 5.99. The molecule has 0 bridgehead atoms. The van der Waals surface area contributed by atoms with E-state index in [4.69, 9.17) is 4.74 Å². The van der Waals surface area contributed by atoms with Crippen molar-refractivity contribution < 1.29 is 9.53 Å². The third kappa shape index (κ3) is 2.56. The van der Waals surface area contributed by atoms with E-state index in [0.717, 1.165) is 16.8 Å². The highest BCUT2D eigenvalue weighted by Gasteiger charge is 2.33. The van der Waals surface area contributed by atoms with E-state index in [1.54, 1.807) is 24.1 Å². The molecule has 7 heteroatoms. The number of nitrogens with zero attached hydrogens (tertiary/aromatic N) is 4. The van der Waals surface area contributed by atoms with Gasteiger partial charge in [-0.25, -0.2) is 4.98 Å². The molecule has 1 aliphatic rings. The topological polar surface area (TPSA) is 68.2 Å². The second-order valence-corrected chi connectivity index (χ2v) is 6.04. The number of pyridine rings is 1. The van der Waals surface area contributed by atoms with Gasteiger partial charge < -0.3 is 4.74 Å². The molecule has 0 radical (unpaired) electrons. The zero-order valence-corrected chi connectivity index (χ0v) is 14.1. The summed E-state index contributed by atoms with van der Waals surface area (Å²) in [5.41, 5.74) is 2.78. The number of ether oxygens (including phenoxy) is 1. The Morgan fingerprint density at radius 2 is 2.14 bits per heavy atom. The number of rotatable bonds is 2. The first-order valence-electron chi connectivity index (χ1n) is 6.89. The van der Waals surface area contributed by atoms with Crippen molar-refractivity contribution in [1.29, 1.82) is 0 Å². The molecule has 114 valence electrons. The number of anilines is 1. The van der Waals surface area contributed by atoms with Crippen LogP contribution in [0.2, 0.25) is 0 Å². The lowest BCUT2D eigenvalue weighted by atomic mass is 10.1. The summed E-state index contributed by atoms with van der Waals surface area (Å²) in [5.74, 6) is 1.01. The van der Waals surface area contributed by atoms with Crippen LogP contribution in [0.25, 0.3) is 0 Å². The Morgan fingerprint density at radius 1 is 1.36 bits per heavy atom. The number of amides is 1. The molecule has 2 aromatic heterocycles. The van der Waals surface area contributed by atoms with E-state index in [-0.39, 0.29) is 5.91 Å². The zero-order valence-electron chi connectivity index (χ0n) is 12.5. The minimum Gasteiger partial charge on any atom is -0.477 e. The lowest BCUT2D eigenvalue weighted by Gasteiger charge is -2.32. The molecule has 0 spiro atoms. The molecule has 2 aromatic rings. The van der Waals surface area contributed by atoms with Crippen molar-refractivity contribution in [2.45, 2.75) is 33.4 Å². The first-order valence-corrected chi connectivity index (χ1v) is 7.69. The summed E-state index contributed by atoms with van der Waals surface area (Å²) in [6, 6.07) is 3.61. The van der Waals surface area contributed by atoms with Gasteiger partial charge in [0.15, 0.2) is 17.7 Å². The molecule has 3 heterocycles. The third-order valence-corrected chi connectivity index (χ3v) is 4.11. The molecule has 0 saturated heterocycles. The molecular weight excluding hydrogens is 348 g/mol. The summed E-state index contributed by atoms with van der Waals surface area (Å²) in [7, 11) is 0. The standard InChI is InChI=1S/C15H15BrN4O2/c1-8-6-17-19-9(2)11(8)7-20-14-12(4-5-13(16)18-14)22-10(3)15(20)21/h4-6,10H,7H2,1-3H3/t10-/m1/s1. The molecule has 0 fully saturated rings. The summed E-state index contributed by atoms with van der Waals surface area (Å²) in [4.78, 5) is 18.6. The fraction of sp³-hybridized carbons (Fsp3) is 0.333. The van der Waals surface area contributed by atoms with Crippen LogP contribution in [0.4, 0.5) is 5.82 Å². The van der Waals surface area contributed by atoms with Crippen LogP contribution in [0.1, 0.15) is 23.7 Å². The fourth-order valence-electron chi connectivity index (χ4n) is 2.44. The predicted molar refractivity (Wildman–Crippen MR) is 84.7 cm³/mol. The van der Waals surface area contributed by atoms with Gasteiger partial charge in [0.2, 0.25) is 0 Å². The summed E-state index contributed by atoms with van der Waals surface area (Å²) < 4.78 is 6.28. The van der Waals surface area contributed by atoms with Crippen molar-refractivity contribution in [2.24, 2.45) is 0 Å². The number of halogens is 1. The number of hydrogen-bond acceptors (Lipinski definition) is 5. The molecule has 1 atom stereocenters. The van der Waals surface area contributed by atoms with Crippen molar-refractivity contribution >= 4 is 27.7 Å². The third-order valence-electron chi connectivity index (χ3n) is 3.67. The smallest absolute Gasteiger partial charge is 0.269 e. The monoisotopic (exact) mass is 362 g/mol. The van der Waals surface area contributed by atoms with Crippen LogP contribution < -0.4 is 9.64 Å². The highest BCUT2D eigenvalue weighted by Crippen LogP contribution is 2.34. The number of fused-ring (bicyclic) bond motifs is 1. The zero-order chi connectivity index (χ0) is 15.9. The molecule has 22 heavy (non-hydrogen) atoms. The largest absolute Gasteiger partial charge is 0.477 e. The summed E-state index contributed by atoms with van der Waals surface area (Å²) >= 11 is 3.34. The molecule has 3 rings (SSSR count). The van der Waals surface area contributed by atoms with Gasteiger partial charge >= 0.3 is 0 Å². The van der Waals surface area contributed by atoms with Crippen LogP contribution in [0.15, 0.2) is 22.9 Å². The second-order valence-electron chi connectivity index (χ2n) is 5.23. The predicted octanol–water partition coefficient (Wildman–Crippen LogP) is 2.57. The molecule has 0 aliphatic carbocycles. The Hall–Kier alpha value is -2.02. The molecule has 0 N–H and O–H groups in total. The number of carbonyl (C=O) groups excluding carboxylic acids is 1. The van der Waals surface area contributed by atoms with Gasteiger partial charge in [-0.3, -0.25) is 9.69 Å². The molecule has 6 nitrogen and oxygen atoms in total. The summed E-state index contributed by atoms with van der Waals surface area (Å²) in [5, 5.41) is 8.00. The van der Waals surface area contributed by atoms with Crippen LogP contribution in [0, 0.1) is 13.8 Å². The van der Waals surface area contributed by atoms with Gasteiger partial charge in [-0.05, 0) is 60.0 Å². The Labute approximate surface area is 136 Å². The van der Waals surface area contributed by atoms with Crippen LogP contribution >= 0.6 is 15.9 Å². The van der Waals surface area contributed by atoms with E-state index in [1.165, 1.54) is 0 Å². The van der Waals surface area contributed by atoms with E-state index < -0.39 is 6.10 Å². The van der Waals surface area contributed by atoms with Crippen LogP contribution in [0.5, 0.6) is 5.75 Å². The highest BCUT2D eigenvalue weighted by molar-refractivity contribution is 9.10. The lowest BCUT2D eigenvalue weighted by molar-refractivity contribution is -0.125. The Kier molecular flexibility index (Phi) is 3.82. The number of hydrogen-bond donors (Lipinski definition) is 0. The number of aromatic nitrogens is 3. The minimum absolute atomic E-state index is 0.117. The van der Waals surface area contributed by atoms with Crippen LogP contribution in [0.3, 0.4) is 0 Å². The van der Waals surface area contributed by atoms with E-state index in [1.807, 2.05) is 19.9 Å². The van der Waals surface area contributed by atoms with Crippen molar-refractivity contribution in [3.63, 3.8) is 0 Å². The average Bonchev–Trinajstić information content (AvgIpc) is 2.47. The first kappa shape index (κ1) is 14.9. The van der Waals surface area contributed by atoms with Gasteiger partial charge in [-0.1, -0.05) is 0 Å². The van der Waals surface area contributed by atoms with Crippen molar-refractivity contribution in [3.05, 3.63) is 39.8 Å². The average molecular weight is 363 g/mol. The molecule has 0 aromatic carbocycles. The van der Waals surface area contributed by atoms with E-state index in [9.17, 15) is 4.79 Å². The normalized spacial score (nSPS) is 17.2. The van der Waals surface area contributed by atoms with E-state index >= 15 is 0 Å². The van der Waals surface area contributed by atoms with Gasteiger partial charge in [0.05, 0.1) is 18.4 Å². The van der Waals surface area contributed by atoms with Crippen LogP contribution in [-0.2, 0) is 11.3 Å². The van der Waals surface area contributed by atoms with Crippen molar-refractivity contribution in [2.75, 3.05) is 4.90 Å². The van der Waals surface area contributed by atoms with Gasteiger partial charge in [-0.15, -0.1) is 0 Å². The fourth-order valence-corrected chi connectivity index (χ4v) is 2.74. The van der Waals surface area contributed by atoms with Gasteiger partial charge in [0, 0.05) is 0 Å². The van der Waals surface area contributed by atoms with E-state index in [0.29, 0.717) is 22.7 Å². The Bertz CT molecular complexity index is 730. The number of aryl methyl sites for hydroxylation is 2.